The summed E-state index contributed by atoms with van der Waals surface area (Å²) in [6.45, 7) is 7.15. The van der Waals surface area contributed by atoms with Crippen molar-refractivity contribution in [3.05, 3.63) is 24.2 Å². The van der Waals surface area contributed by atoms with Crippen molar-refractivity contribution in [2.45, 2.75) is 18.0 Å². The molecule has 3 N–H and O–H groups in total. The van der Waals surface area contributed by atoms with Crippen LogP contribution in [0.15, 0.2) is 29.2 Å². The summed E-state index contributed by atoms with van der Waals surface area (Å²) in [5.74, 6) is 1.31. The topological polar surface area (TPSA) is 119 Å². The molecule has 1 aromatic rings. The maximum absolute atomic E-state index is 9.51. The molecule has 10 nitrogen and oxygen atoms in total. The SMILES string of the molecule is CN=C/C(=C\N)Nc1nccc(N2CC(CC#N)(N3CCN4CCOC[C@H]4C3)C2)n1. The lowest BCUT2D eigenvalue weighted by molar-refractivity contribution is -0.0753. The minimum atomic E-state index is -0.131. The number of aromatic nitrogens is 2. The van der Waals surface area contributed by atoms with Gasteiger partial charge in [0.25, 0.3) is 0 Å². The van der Waals surface area contributed by atoms with Crippen LogP contribution < -0.4 is 16.0 Å². The lowest BCUT2D eigenvalue weighted by atomic mass is 9.83. The normalized spacial score (nSPS) is 24.9. The molecule has 30 heavy (non-hydrogen) atoms. The summed E-state index contributed by atoms with van der Waals surface area (Å²) in [5, 5.41) is 12.6. The van der Waals surface area contributed by atoms with Crippen molar-refractivity contribution >= 4 is 18.0 Å². The molecule has 3 saturated heterocycles. The van der Waals surface area contributed by atoms with Crippen molar-refractivity contribution in [3.63, 3.8) is 0 Å². The molecule has 0 amide bonds. The van der Waals surface area contributed by atoms with Gasteiger partial charge in [-0.15, -0.1) is 0 Å². The molecular formula is C20H29N9O. The van der Waals surface area contributed by atoms with Gasteiger partial charge in [-0.25, -0.2) is 4.98 Å². The van der Waals surface area contributed by atoms with Crippen molar-refractivity contribution in [2.24, 2.45) is 10.7 Å². The highest BCUT2D eigenvalue weighted by Crippen LogP contribution is 2.36. The van der Waals surface area contributed by atoms with E-state index < -0.39 is 0 Å². The number of nitrogens with two attached hydrogens (primary N) is 1. The molecule has 4 heterocycles. The Morgan fingerprint density at radius 2 is 2.33 bits per heavy atom. The van der Waals surface area contributed by atoms with E-state index in [4.69, 9.17) is 10.5 Å². The quantitative estimate of drug-likeness (QED) is 0.617. The van der Waals surface area contributed by atoms with Crippen molar-refractivity contribution < 1.29 is 4.74 Å². The molecule has 4 rings (SSSR count). The second kappa shape index (κ2) is 8.95. The van der Waals surface area contributed by atoms with Crippen molar-refractivity contribution in [1.82, 2.24) is 19.8 Å². The van der Waals surface area contributed by atoms with Crippen molar-refractivity contribution in [3.8, 4) is 6.07 Å². The fourth-order valence-corrected chi connectivity index (χ4v) is 4.55. The fraction of sp³-hybridized carbons (Fsp3) is 0.600. The first-order chi connectivity index (χ1) is 14.7. The third-order valence-corrected chi connectivity index (χ3v) is 6.16. The van der Waals surface area contributed by atoms with Crippen LogP contribution in [-0.4, -0.2) is 97.1 Å². The lowest BCUT2D eigenvalue weighted by Gasteiger charge is -2.58. The Hall–Kier alpha value is -2.74. The molecule has 10 heteroatoms. The summed E-state index contributed by atoms with van der Waals surface area (Å²) in [4.78, 5) is 20.1. The molecule has 1 atom stereocenters. The van der Waals surface area contributed by atoms with Gasteiger partial charge >= 0.3 is 0 Å². The molecule has 0 aliphatic carbocycles. The molecule has 3 aliphatic heterocycles. The molecule has 0 aromatic carbocycles. The van der Waals surface area contributed by atoms with Gasteiger partial charge in [0.05, 0.1) is 36.9 Å². The predicted molar refractivity (Wildman–Crippen MR) is 115 cm³/mol. The zero-order valence-electron chi connectivity index (χ0n) is 17.4. The van der Waals surface area contributed by atoms with Crippen LogP contribution in [0.4, 0.5) is 11.8 Å². The summed E-state index contributed by atoms with van der Waals surface area (Å²) < 4.78 is 5.68. The van der Waals surface area contributed by atoms with Crippen LogP contribution in [0.1, 0.15) is 6.42 Å². The van der Waals surface area contributed by atoms with Crippen LogP contribution in [0.25, 0.3) is 0 Å². The maximum Gasteiger partial charge on any atom is 0.229 e. The first kappa shape index (κ1) is 20.5. The van der Waals surface area contributed by atoms with Crippen LogP contribution in [-0.2, 0) is 4.74 Å². The van der Waals surface area contributed by atoms with Crippen LogP contribution >= 0.6 is 0 Å². The Balaban J connectivity index is 1.43. The number of allylic oxidation sites excluding steroid dienone is 1. The number of hydrogen-bond acceptors (Lipinski definition) is 10. The molecule has 1 aromatic heterocycles. The Labute approximate surface area is 177 Å². The summed E-state index contributed by atoms with van der Waals surface area (Å²) in [5.41, 5.74) is 6.11. The number of nitrogens with one attached hydrogen (secondary N) is 1. The number of hydrogen-bond donors (Lipinski definition) is 2. The number of fused-ring (bicyclic) bond motifs is 1. The summed E-state index contributed by atoms with van der Waals surface area (Å²) in [6.07, 6.45) is 5.29. The van der Waals surface area contributed by atoms with Gasteiger partial charge in [-0.1, -0.05) is 0 Å². The number of nitrogens with zero attached hydrogens (tertiary/aromatic N) is 7. The standard InChI is InChI=1S/C20H29N9O/c1-23-11-16(10-22)25-19-24-5-2-18(26-19)28-14-20(15-28,3-4-21)29-7-6-27-8-9-30-13-17(27)12-29/h2,5,10-11,17H,3,6-9,12-15,22H2,1H3,(H,24,25,26)/b16-10+,23-11?/t17-/m1/s1. The summed E-state index contributed by atoms with van der Waals surface area (Å²) in [6, 6.07) is 4.74. The van der Waals surface area contributed by atoms with Gasteiger partial charge in [0.2, 0.25) is 5.95 Å². The average molecular weight is 412 g/mol. The van der Waals surface area contributed by atoms with Crippen LogP contribution in [0.5, 0.6) is 0 Å². The van der Waals surface area contributed by atoms with E-state index in [-0.39, 0.29) is 5.54 Å². The molecule has 0 spiro atoms. The van der Waals surface area contributed by atoms with E-state index >= 15 is 0 Å². The average Bonchev–Trinajstić information content (AvgIpc) is 2.75. The zero-order chi connectivity index (χ0) is 21.0. The zero-order valence-corrected chi connectivity index (χ0v) is 17.4. The Bertz CT molecular complexity index is 843. The van der Waals surface area contributed by atoms with Gasteiger partial charge in [0.1, 0.15) is 5.82 Å². The smallest absolute Gasteiger partial charge is 0.229 e. The minimum absolute atomic E-state index is 0.131. The highest BCUT2D eigenvalue weighted by atomic mass is 16.5. The number of anilines is 2. The molecule has 0 saturated carbocycles. The summed E-state index contributed by atoms with van der Waals surface area (Å²) in [7, 11) is 1.68. The second-order valence-electron chi connectivity index (χ2n) is 8.00. The number of morpholine rings is 1. The van der Waals surface area contributed by atoms with Crippen LogP contribution in [0, 0.1) is 11.3 Å². The van der Waals surface area contributed by atoms with Crippen molar-refractivity contribution in [2.75, 3.05) is 69.7 Å². The van der Waals surface area contributed by atoms with Gasteiger partial charge in [0.15, 0.2) is 0 Å². The lowest BCUT2D eigenvalue weighted by Crippen LogP contribution is -2.74. The highest BCUT2D eigenvalue weighted by molar-refractivity contribution is 5.81. The third-order valence-electron chi connectivity index (χ3n) is 6.16. The van der Waals surface area contributed by atoms with E-state index in [0.29, 0.717) is 24.1 Å². The number of nitriles is 1. The summed E-state index contributed by atoms with van der Waals surface area (Å²) >= 11 is 0. The number of piperazine rings is 1. The Kier molecular flexibility index (Phi) is 6.13. The largest absolute Gasteiger partial charge is 0.403 e. The molecule has 0 radical (unpaired) electrons. The minimum Gasteiger partial charge on any atom is -0.403 e. The third kappa shape index (κ3) is 4.09. The van der Waals surface area contributed by atoms with E-state index in [9.17, 15) is 5.26 Å². The van der Waals surface area contributed by atoms with E-state index in [0.717, 1.165) is 58.3 Å². The maximum atomic E-state index is 9.51. The number of ether oxygens (including phenoxy) is 1. The van der Waals surface area contributed by atoms with Gasteiger partial charge in [0, 0.05) is 71.0 Å². The first-order valence-electron chi connectivity index (χ1n) is 10.3. The molecule has 3 aliphatic rings. The van der Waals surface area contributed by atoms with Gasteiger partial charge in [-0.2, -0.15) is 10.2 Å². The van der Waals surface area contributed by atoms with Crippen LogP contribution in [0.2, 0.25) is 0 Å². The monoisotopic (exact) mass is 411 g/mol. The molecule has 0 unspecified atom stereocenters. The molecule has 0 bridgehead atoms. The molecule has 3 fully saturated rings. The van der Waals surface area contributed by atoms with Gasteiger partial charge in [-0.3, -0.25) is 14.8 Å². The predicted octanol–water partition coefficient (Wildman–Crippen LogP) is -0.122. The number of rotatable bonds is 6. The van der Waals surface area contributed by atoms with E-state index in [1.165, 1.54) is 6.20 Å². The highest BCUT2D eigenvalue weighted by Gasteiger charge is 2.50. The van der Waals surface area contributed by atoms with Crippen molar-refractivity contribution in [1.29, 1.82) is 5.26 Å². The second-order valence-corrected chi connectivity index (χ2v) is 8.00. The molecule has 160 valence electrons. The van der Waals surface area contributed by atoms with Crippen LogP contribution in [0.3, 0.4) is 0 Å². The van der Waals surface area contributed by atoms with E-state index in [2.05, 4.69) is 41.0 Å². The van der Waals surface area contributed by atoms with Gasteiger partial charge < -0.3 is 20.7 Å². The van der Waals surface area contributed by atoms with Gasteiger partial charge in [-0.05, 0) is 6.07 Å². The first-order valence-corrected chi connectivity index (χ1v) is 10.3. The molecular weight excluding hydrogens is 382 g/mol. The fourth-order valence-electron chi connectivity index (χ4n) is 4.55. The Morgan fingerprint density at radius 3 is 3.10 bits per heavy atom. The Morgan fingerprint density at radius 1 is 1.47 bits per heavy atom. The van der Waals surface area contributed by atoms with E-state index in [1.54, 1.807) is 19.5 Å². The van der Waals surface area contributed by atoms with E-state index in [1.807, 2.05) is 6.07 Å². The number of aliphatic imine (C=N–C) groups is 1.